The molecule has 2 N–H and O–H groups in total. The van der Waals surface area contributed by atoms with Crippen LogP contribution in [0.25, 0.3) is 0 Å². The van der Waals surface area contributed by atoms with Crippen molar-refractivity contribution in [3.8, 4) is 6.07 Å². The lowest BCUT2D eigenvalue weighted by atomic mass is 9.90. The lowest BCUT2D eigenvalue weighted by Gasteiger charge is -2.35. The average Bonchev–Trinajstić information content (AvgIpc) is 2.29. The Morgan fingerprint density at radius 1 is 1.44 bits per heavy atom. The van der Waals surface area contributed by atoms with Gasteiger partial charge >= 0.3 is 0 Å². The van der Waals surface area contributed by atoms with Crippen LogP contribution in [0.15, 0.2) is 18.2 Å². The number of hydrogen-bond acceptors (Lipinski definition) is 4. The van der Waals surface area contributed by atoms with Crippen LogP contribution in [-0.4, -0.2) is 23.6 Å². The van der Waals surface area contributed by atoms with Crippen molar-refractivity contribution in [2.24, 2.45) is 0 Å². The zero-order valence-electron chi connectivity index (χ0n) is 9.45. The van der Waals surface area contributed by atoms with E-state index in [1.807, 2.05) is 12.1 Å². The lowest BCUT2D eigenvalue weighted by molar-refractivity contribution is 0.364. The highest BCUT2D eigenvalue weighted by Gasteiger charge is 2.26. The Hall–Kier alpha value is -1.60. The number of nitriles is 1. The minimum atomic E-state index is 0.0896. The monoisotopic (exact) mass is 216 g/mol. The van der Waals surface area contributed by atoms with Gasteiger partial charge < -0.3 is 10.6 Å². The molecular formula is C12H16N4. The maximum atomic E-state index is 8.78. The molecule has 0 aliphatic carbocycles. The van der Waals surface area contributed by atoms with Gasteiger partial charge in [-0.05, 0) is 45.0 Å². The minimum absolute atomic E-state index is 0.0896. The van der Waals surface area contributed by atoms with Crippen LogP contribution in [-0.2, 0) is 0 Å². The third-order valence-corrected chi connectivity index (χ3v) is 3.00. The van der Waals surface area contributed by atoms with E-state index in [9.17, 15) is 0 Å². The van der Waals surface area contributed by atoms with E-state index in [2.05, 4.69) is 28.6 Å². The van der Waals surface area contributed by atoms with Gasteiger partial charge in [0.1, 0.15) is 17.6 Å². The summed E-state index contributed by atoms with van der Waals surface area (Å²) in [5, 5.41) is 15.5. The summed E-state index contributed by atoms with van der Waals surface area (Å²) < 4.78 is 0. The molecule has 2 heterocycles. The fourth-order valence-electron chi connectivity index (χ4n) is 1.98. The van der Waals surface area contributed by atoms with Crippen molar-refractivity contribution in [1.82, 2.24) is 10.3 Å². The van der Waals surface area contributed by atoms with Gasteiger partial charge in [0.2, 0.25) is 0 Å². The summed E-state index contributed by atoms with van der Waals surface area (Å²) in [6.45, 7) is 4.26. The van der Waals surface area contributed by atoms with Crippen LogP contribution >= 0.6 is 0 Å². The van der Waals surface area contributed by atoms with E-state index in [4.69, 9.17) is 5.26 Å². The van der Waals surface area contributed by atoms with Gasteiger partial charge in [0.25, 0.3) is 0 Å². The Kier molecular flexibility index (Phi) is 3.07. The van der Waals surface area contributed by atoms with Crippen molar-refractivity contribution >= 4 is 5.82 Å². The molecule has 0 saturated carbocycles. The largest absolute Gasteiger partial charge is 0.365 e. The molecule has 0 aromatic carbocycles. The summed E-state index contributed by atoms with van der Waals surface area (Å²) in [4.78, 5) is 4.24. The molecule has 0 atom stereocenters. The minimum Gasteiger partial charge on any atom is -0.365 e. The molecule has 0 radical (unpaired) electrons. The number of aromatic nitrogens is 1. The Labute approximate surface area is 95.7 Å². The number of rotatable bonds is 2. The number of nitrogens with one attached hydrogen (secondary N) is 2. The highest BCUT2D eigenvalue weighted by atomic mass is 15.1. The molecule has 2 rings (SSSR count). The van der Waals surface area contributed by atoms with Gasteiger partial charge in [0, 0.05) is 5.54 Å². The molecule has 1 aromatic heterocycles. The maximum absolute atomic E-state index is 8.78. The maximum Gasteiger partial charge on any atom is 0.142 e. The summed E-state index contributed by atoms with van der Waals surface area (Å²) in [5.74, 6) is 0.795. The first-order valence-electron chi connectivity index (χ1n) is 5.58. The van der Waals surface area contributed by atoms with Crippen molar-refractivity contribution in [3.05, 3.63) is 23.9 Å². The first-order valence-corrected chi connectivity index (χ1v) is 5.58. The van der Waals surface area contributed by atoms with Gasteiger partial charge in [0.05, 0.1) is 0 Å². The second-order valence-corrected chi connectivity index (χ2v) is 4.46. The summed E-state index contributed by atoms with van der Waals surface area (Å²) in [7, 11) is 0. The fraction of sp³-hybridized carbons (Fsp3) is 0.500. The van der Waals surface area contributed by atoms with Crippen molar-refractivity contribution in [1.29, 1.82) is 5.26 Å². The van der Waals surface area contributed by atoms with E-state index >= 15 is 0 Å². The highest BCUT2D eigenvalue weighted by molar-refractivity contribution is 5.40. The first-order chi connectivity index (χ1) is 7.72. The summed E-state index contributed by atoms with van der Waals surface area (Å²) >= 11 is 0. The van der Waals surface area contributed by atoms with Crippen LogP contribution in [0.1, 0.15) is 25.5 Å². The number of hydrogen-bond donors (Lipinski definition) is 2. The van der Waals surface area contributed by atoms with Crippen LogP contribution in [0, 0.1) is 11.3 Å². The molecule has 16 heavy (non-hydrogen) atoms. The normalized spacial score (nSPS) is 18.8. The topological polar surface area (TPSA) is 60.7 Å². The number of pyridine rings is 1. The molecule has 4 nitrogen and oxygen atoms in total. The van der Waals surface area contributed by atoms with Crippen molar-refractivity contribution in [2.45, 2.75) is 25.3 Å². The molecule has 1 saturated heterocycles. The summed E-state index contributed by atoms with van der Waals surface area (Å²) in [6, 6.07) is 7.54. The smallest absolute Gasteiger partial charge is 0.142 e. The van der Waals surface area contributed by atoms with E-state index in [0.717, 1.165) is 31.7 Å². The molecule has 0 spiro atoms. The zero-order valence-corrected chi connectivity index (χ0v) is 9.45. The number of anilines is 1. The van der Waals surface area contributed by atoms with Crippen molar-refractivity contribution in [3.63, 3.8) is 0 Å². The predicted octanol–water partition coefficient (Wildman–Crippen LogP) is 1.51. The lowest BCUT2D eigenvalue weighted by Crippen LogP contribution is -2.45. The van der Waals surface area contributed by atoms with E-state index < -0.39 is 0 Å². The van der Waals surface area contributed by atoms with Gasteiger partial charge in [-0.1, -0.05) is 6.07 Å². The fourth-order valence-corrected chi connectivity index (χ4v) is 1.98. The van der Waals surface area contributed by atoms with E-state index in [1.54, 1.807) is 6.07 Å². The highest BCUT2D eigenvalue weighted by Crippen LogP contribution is 2.22. The Bertz CT molecular complexity index is 402. The number of piperidine rings is 1. The average molecular weight is 216 g/mol. The molecular weight excluding hydrogens is 200 g/mol. The van der Waals surface area contributed by atoms with E-state index in [0.29, 0.717) is 5.69 Å². The molecule has 4 heteroatoms. The molecule has 84 valence electrons. The van der Waals surface area contributed by atoms with Crippen molar-refractivity contribution < 1.29 is 0 Å². The van der Waals surface area contributed by atoms with Gasteiger partial charge in [-0.25, -0.2) is 4.98 Å². The van der Waals surface area contributed by atoms with Crippen LogP contribution in [0.4, 0.5) is 5.82 Å². The van der Waals surface area contributed by atoms with Gasteiger partial charge in [-0.3, -0.25) is 0 Å². The molecule has 0 bridgehead atoms. The SMILES string of the molecule is CC1(Nc2cccc(C#N)n2)CCNCC1. The Morgan fingerprint density at radius 2 is 2.19 bits per heavy atom. The molecule has 1 aliphatic rings. The third kappa shape index (κ3) is 2.50. The summed E-state index contributed by atoms with van der Waals surface area (Å²) in [6.07, 6.45) is 2.15. The Balaban J connectivity index is 2.10. The van der Waals surface area contributed by atoms with Gasteiger partial charge in [-0.2, -0.15) is 5.26 Å². The Morgan fingerprint density at radius 3 is 2.88 bits per heavy atom. The second kappa shape index (κ2) is 4.50. The van der Waals surface area contributed by atoms with Crippen LogP contribution in [0.3, 0.4) is 0 Å². The third-order valence-electron chi connectivity index (χ3n) is 3.00. The van der Waals surface area contributed by atoms with Gasteiger partial charge in [0.15, 0.2) is 0 Å². The summed E-state index contributed by atoms with van der Waals surface area (Å²) in [5.41, 5.74) is 0.550. The van der Waals surface area contributed by atoms with Gasteiger partial charge in [-0.15, -0.1) is 0 Å². The van der Waals surface area contributed by atoms with Crippen LogP contribution < -0.4 is 10.6 Å². The predicted molar refractivity (Wildman–Crippen MR) is 63.1 cm³/mol. The molecule has 0 unspecified atom stereocenters. The van der Waals surface area contributed by atoms with Crippen LogP contribution in [0.5, 0.6) is 0 Å². The zero-order chi connectivity index (χ0) is 11.4. The second-order valence-electron chi connectivity index (χ2n) is 4.46. The first kappa shape index (κ1) is 10.9. The quantitative estimate of drug-likeness (QED) is 0.786. The van der Waals surface area contributed by atoms with E-state index in [-0.39, 0.29) is 5.54 Å². The molecule has 1 fully saturated rings. The molecule has 1 aliphatic heterocycles. The number of nitrogens with zero attached hydrogens (tertiary/aromatic N) is 2. The van der Waals surface area contributed by atoms with Crippen LogP contribution in [0.2, 0.25) is 0 Å². The molecule has 0 amide bonds. The standard InChI is InChI=1S/C12H16N4/c1-12(5-7-14-8-6-12)16-11-4-2-3-10(9-13)15-11/h2-4,14H,5-8H2,1H3,(H,15,16). The van der Waals surface area contributed by atoms with E-state index in [1.165, 1.54) is 0 Å². The molecule has 1 aromatic rings. The van der Waals surface area contributed by atoms with Crippen molar-refractivity contribution in [2.75, 3.05) is 18.4 Å².